The number of aryl methyl sites for hydroxylation is 1. The van der Waals surface area contributed by atoms with E-state index in [-0.39, 0.29) is 23.7 Å². The van der Waals surface area contributed by atoms with Crippen molar-refractivity contribution in [3.63, 3.8) is 0 Å². The van der Waals surface area contributed by atoms with Crippen LogP contribution in [0, 0.1) is 12.7 Å². The summed E-state index contributed by atoms with van der Waals surface area (Å²) in [6, 6.07) is 18.0. The van der Waals surface area contributed by atoms with E-state index in [0.29, 0.717) is 24.2 Å². The fourth-order valence-electron chi connectivity index (χ4n) is 5.27. The molecule has 180 valence electrons. The van der Waals surface area contributed by atoms with Crippen molar-refractivity contribution < 1.29 is 23.8 Å². The number of aromatic nitrogens is 1. The topological polar surface area (TPSA) is 82.6 Å². The molecule has 0 saturated carbocycles. The van der Waals surface area contributed by atoms with E-state index in [1.165, 1.54) is 17.0 Å². The molecule has 6 nitrogen and oxygen atoms in total. The number of nitrogens with zero attached hydrogens (tertiary/aromatic N) is 1. The molecule has 0 radical (unpaired) electrons. The zero-order valence-corrected chi connectivity index (χ0v) is 19.5. The highest BCUT2D eigenvalue weighted by Gasteiger charge is 2.47. The summed E-state index contributed by atoms with van der Waals surface area (Å²) in [7, 11) is 0. The van der Waals surface area contributed by atoms with Gasteiger partial charge in [0, 0.05) is 40.7 Å². The lowest BCUT2D eigenvalue weighted by Gasteiger charge is -2.26. The largest absolute Gasteiger partial charge is 0.507 e. The summed E-state index contributed by atoms with van der Waals surface area (Å²) in [6.07, 6.45) is 0.709. The van der Waals surface area contributed by atoms with Crippen LogP contribution in [0.3, 0.4) is 0 Å². The Bertz CT molecular complexity index is 1570. The van der Waals surface area contributed by atoms with Gasteiger partial charge in [0.25, 0.3) is 11.7 Å². The zero-order chi connectivity index (χ0) is 25.0. The first kappa shape index (κ1) is 22.1. The van der Waals surface area contributed by atoms with Gasteiger partial charge in [-0.15, -0.1) is 0 Å². The molecular formula is C29H23FN2O4. The first-order chi connectivity index (χ1) is 17.4. The van der Waals surface area contributed by atoms with Gasteiger partial charge in [-0.3, -0.25) is 9.59 Å². The van der Waals surface area contributed by atoms with E-state index >= 15 is 0 Å². The summed E-state index contributed by atoms with van der Waals surface area (Å²) >= 11 is 0. The number of carbonyl (C=O) groups excluding carboxylic acids is 2. The van der Waals surface area contributed by atoms with E-state index in [0.717, 1.165) is 33.5 Å². The van der Waals surface area contributed by atoms with Crippen LogP contribution >= 0.6 is 0 Å². The van der Waals surface area contributed by atoms with Crippen LogP contribution in [-0.2, 0) is 22.6 Å². The van der Waals surface area contributed by atoms with Gasteiger partial charge in [-0.1, -0.05) is 30.3 Å². The average Bonchev–Trinajstić information content (AvgIpc) is 3.54. The van der Waals surface area contributed by atoms with Crippen molar-refractivity contribution in [2.75, 3.05) is 6.61 Å². The standard InChI is InChI=1S/C29H23FN2O4/c1-16-24(21-4-2-3-5-22(21)31-16)26-25(27(33)19-8-11-23-18(14-19)12-13-36-23)28(34)29(35)32(26)15-17-6-9-20(30)10-7-17/h2-11,14,26,31,33H,12-13,15H2,1H3/b27-25+. The van der Waals surface area contributed by atoms with Crippen molar-refractivity contribution >= 4 is 28.4 Å². The predicted octanol–water partition coefficient (Wildman–Crippen LogP) is 5.17. The molecule has 0 bridgehead atoms. The van der Waals surface area contributed by atoms with Crippen molar-refractivity contribution in [3.8, 4) is 5.75 Å². The van der Waals surface area contributed by atoms with Crippen LogP contribution in [0.25, 0.3) is 16.7 Å². The Hall–Kier alpha value is -4.39. The molecule has 0 spiro atoms. The van der Waals surface area contributed by atoms with Crippen LogP contribution in [-0.4, -0.2) is 33.3 Å². The van der Waals surface area contributed by atoms with E-state index in [2.05, 4.69) is 4.98 Å². The first-order valence-electron chi connectivity index (χ1n) is 11.8. The minimum absolute atomic E-state index is 0.0360. The number of rotatable bonds is 4. The van der Waals surface area contributed by atoms with Crippen LogP contribution < -0.4 is 4.74 Å². The Morgan fingerprint density at radius 3 is 2.69 bits per heavy atom. The number of aliphatic hydroxyl groups excluding tert-OH is 1. The van der Waals surface area contributed by atoms with Crippen LogP contribution in [0.5, 0.6) is 5.75 Å². The number of nitrogens with one attached hydrogen (secondary N) is 1. The third kappa shape index (κ3) is 3.47. The second-order valence-corrected chi connectivity index (χ2v) is 9.18. The molecule has 1 aromatic heterocycles. The van der Waals surface area contributed by atoms with Gasteiger partial charge >= 0.3 is 0 Å². The summed E-state index contributed by atoms with van der Waals surface area (Å²) in [5.41, 5.74) is 4.52. The van der Waals surface area contributed by atoms with Crippen molar-refractivity contribution in [1.29, 1.82) is 0 Å². The number of para-hydroxylation sites is 1. The van der Waals surface area contributed by atoms with Gasteiger partial charge in [0.2, 0.25) is 0 Å². The zero-order valence-electron chi connectivity index (χ0n) is 19.5. The number of H-pyrrole nitrogens is 1. The maximum Gasteiger partial charge on any atom is 0.295 e. The molecular weight excluding hydrogens is 459 g/mol. The molecule has 6 rings (SSSR count). The van der Waals surface area contributed by atoms with E-state index in [9.17, 15) is 19.1 Å². The molecule has 3 aromatic carbocycles. The number of ketones is 1. The fourth-order valence-corrected chi connectivity index (χ4v) is 5.27. The predicted molar refractivity (Wildman–Crippen MR) is 133 cm³/mol. The number of aliphatic hydroxyl groups is 1. The second-order valence-electron chi connectivity index (χ2n) is 9.18. The molecule has 2 N–H and O–H groups in total. The quantitative estimate of drug-likeness (QED) is 0.239. The molecule has 1 atom stereocenters. The number of hydrogen-bond donors (Lipinski definition) is 2. The number of aromatic amines is 1. The van der Waals surface area contributed by atoms with E-state index in [1.807, 2.05) is 37.3 Å². The lowest BCUT2D eigenvalue weighted by atomic mass is 9.92. The normalized spacial score (nSPS) is 18.6. The lowest BCUT2D eigenvalue weighted by Crippen LogP contribution is -2.29. The number of Topliss-reactive ketones (excluding diaryl/α,β-unsaturated/α-hetero) is 1. The Balaban J connectivity index is 1.55. The van der Waals surface area contributed by atoms with Crippen LogP contribution in [0.15, 0.2) is 72.3 Å². The molecule has 7 heteroatoms. The number of amides is 1. The summed E-state index contributed by atoms with van der Waals surface area (Å²) < 4.78 is 19.1. The molecule has 2 aliphatic rings. The Labute approximate surface area is 206 Å². The number of fused-ring (bicyclic) bond motifs is 2. The molecule has 1 unspecified atom stereocenters. The molecule has 1 fully saturated rings. The van der Waals surface area contributed by atoms with Gasteiger partial charge in [-0.2, -0.15) is 0 Å². The van der Waals surface area contributed by atoms with Gasteiger partial charge in [0.1, 0.15) is 17.3 Å². The third-order valence-corrected chi connectivity index (χ3v) is 6.99. The molecule has 2 aliphatic heterocycles. The van der Waals surface area contributed by atoms with E-state index < -0.39 is 17.7 Å². The molecule has 1 saturated heterocycles. The Morgan fingerprint density at radius 1 is 1.11 bits per heavy atom. The van der Waals surface area contributed by atoms with Gasteiger partial charge < -0.3 is 19.7 Å². The number of hydrogen-bond acceptors (Lipinski definition) is 4. The number of likely N-dealkylation sites (tertiary alicyclic amines) is 1. The van der Waals surface area contributed by atoms with E-state index in [1.54, 1.807) is 24.3 Å². The molecule has 0 aliphatic carbocycles. The summed E-state index contributed by atoms with van der Waals surface area (Å²) in [6.45, 7) is 2.54. The minimum atomic E-state index is -0.823. The minimum Gasteiger partial charge on any atom is -0.507 e. The fraction of sp³-hybridized carbons (Fsp3) is 0.172. The smallest absolute Gasteiger partial charge is 0.295 e. The van der Waals surface area contributed by atoms with E-state index in [4.69, 9.17) is 4.74 Å². The first-order valence-corrected chi connectivity index (χ1v) is 11.8. The SMILES string of the molecule is Cc1[nH]c2ccccc2c1C1/C(=C(\O)c2ccc3c(c2)CCO3)C(=O)C(=O)N1Cc1ccc(F)cc1. The third-order valence-electron chi connectivity index (χ3n) is 6.99. The average molecular weight is 483 g/mol. The molecule has 3 heterocycles. The maximum atomic E-state index is 13.5. The van der Waals surface area contributed by atoms with Gasteiger partial charge in [-0.05, 0) is 54.4 Å². The van der Waals surface area contributed by atoms with Crippen molar-refractivity contribution in [2.45, 2.75) is 25.9 Å². The number of benzene rings is 3. The van der Waals surface area contributed by atoms with Gasteiger partial charge in [-0.25, -0.2) is 4.39 Å². The molecule has 4 aromatic rings. The molecule has 1 amide bonds. The highest BCUT2D eigenvalue weighted by Crippen LogP contribution is 2.44. The summed E-state index contributed by atoms with van der Waals surface area (Å²) in [4.78, 5) is 31.6. The van der Waals surface area contributed by atoms with Gasteiger partial charge in [0.15, 0.2) is 0 Å². The summed E-state index contributed by atoms with van der Waals surface area (Å²) in [5, 5.41) is 12.3. The summed E-state index contributed by atoms with van der Waals surface area (Å²) in [5.74, 6) is -1.31. The highest BCUT2D eigenvalue weighted by atomic mass is 19.1. The number of ether oxygens (including phenoxy) is 1. The number of halogens is 1. The maximum absolute atomic E-state index is 13.5. The second kappa shape index (κ2) is 8.37. The van der Waals surface area contributed by atoms with Gasteiger partial charge in [0.05, 0.1) is 18.2 Å². The number of carbonyl (C=O) groups is 2. The lowest BCUT2D eigenvalue weighted by molar-refractivity contribution is -0.140. The van der Waals surface area contributed by atoms with Crippen LogP contribution in [0.2, 0.25) is 0 Å². The van der Waals surface area contributed by atoms with Crippen LogP contribution in [0.1, 0.15) is 34.0 Å². The highest BCUT2D eigenvalue weighted by molar-refractivity contribution is 6.46. The molecule has 36 heavy (non-hydrogen) atoms. The van der Waals surface area contributed by atoms with Crippen molar-refractivity contribution in [2.24, 2.45) is 0 Å². The van der Waals surface area contributed by atoms with Crippen LogP contribution in [0.4, 0.5) is 4.39 Å². The van der Waals surface area contributed by atoms with Crippen molar-refractivity contribution in [1.82, 2.24) is 9.88 Å². The monoisotopic (exact) mass is 482 g/mol. The Morgan fingerprint density at radius 2 is 1.89 bits per heavy atom. The Kier molecular flexibility index (Phi) is 5.14. The van der Waals surface area contributed by atoms with Crippen molar-refractivity contribution in [3.05, 3.63) is 106 Å².